The summed E-state index contributed by atoms with van der Waals surface area (Å²) in [5.41, 5.74) is 1.88. The van der Waals surface area contributed by atoms with Gasteiger partial charge in [0.15, 0.2) is 0 Å². The molecule has 0 heterocycles. The summed E-state index contributed by atoms with van der Waals surface area (Å²) >= 11 is 0. The van der Waals surface area contributed by atoms with Crippen molar-refractivity contribution >= 4 is 17.3 Å². The predicted octanol–water partition coefficient (Wildman–Crippen LogP) is 3.71. The van der Waals surface area contributed by atoms with Gasteiger partial charge < -0.3 is 10.6 Å². The maximum absolute atomic E-state index is 12.5. The van der Waals surface area contributed by atoms with E-state index < -0.39 is 4.92 Å². The molecule has 2 N–H and O–H groups in total. The van der Waals surface area contributed by atoms with Crippen molar-refractivity contribution < 1.29 is 9.72 Å². The van der Waals surface area contributed by atoms with Crippen LogP contribution in [-0.4, -0.2) is 23.9 Å². The van der Waals surface area contributed by atoms with Gasteiger partial charge in [-0.25, -0.2) is 0 Å². The third-order valence-electron chi connectivity index (χ3n) is 3.93. The van der Waals surface area contributed by atoms with Crippen molar-refractivity contribution in [3.8, 4) is 0 Å². The maximum Gasteiger partial charge on any atom is 0.269 e. The Bertz CT molecular complexity index is 687. The van der Waals surface area contributed by atoms with Crippen LogP contribution >= 0.6 is 0 Å². The lowest BCUT2D eigenvalue weighted by Crippen LogP contribution is -2.33. The molecule has 25 heavy (non-hydrogen) atoms. The molecule has 0 saturated carbocycles. The van der Waals surface area contributed by atoms with Gasteiger partial charge in [-0.1, -0.05) is 43.7 Å². The van der Waals surface area contributed by atoms with Crippen LogP contribution in [0.25, 0.3) is 0 Å². The molecule has 0 aromatic heterocycles. The fourth-order valence-corrected chi connectivity index (χ4v) is 2.64. The average Bonchev–Trinajstić information content (AvgIpc) is 2.64. The van der Waals surface area contributed by atoms with Crippen LogP contribution in [0.3, 0.4) is 0 Å². The number of nitrogens with zero attached hydrogens (tertiary/aromatic N) is 1. The summed E-state index contributed by atoms with van der Waals surface area (Å²) in [5, 5.41) is 16.7. The van der Waals surface area contributed by atoms with E-state index in [-0.39, 0.29) is 17.5 Å². The van der Waals surface area contributed by atoms with Crippen molar-refractivity contribution in [2.75, 3.05) is 18.4 Å². The van der Waals surface area contributed by atoms with E-state index in [0.717, 1.165) is 24.1 Å². The Hall–Kier alpha value is -2.89. The number of nitrogens with one attached hydrogen (secondary N) is 2. The number of nitro groups is 1. The summed E-state index contributed by atoms with van der Waals surface area (Å²) in [6.07, 6.45) is 1.75. The van der Waals surface area contributed by atoms with E-state index in [0.29, 0.717) is 13.1 Å². The normalized spacial score (nSPS) is 11.6. The first kappa shape index (κ1) is 18.4. The first-order valence-corrected chi connectivity index (χ1v) is 8.42. The standard InChI is InChI=1S/C19H23N3O3/c1-2-6-18(15-7-4-3-5-8-15)19(23)21-14-13-20-16-9-11-17(12-10-16)22(24)25/h3-5,7-12,18,20H,2,6,13-14H2,1H3,(H,21,23). The van der Waals surface area contributed by atoms with Crippen LogP contribution in [-0.2, 0) is 4.79 Å². The van der Waals surface area contributed by atoms with Gasteiger partial charge in [0.1, 0.15) is 0 Å². The van der Waals surface area contributed by atoms with Crippen LogP contribution in [0, 0.1) is 10.1 Å². The van der Waals surface area contributed by atoms with E-state index in [1.54, 1.807) is 12.1 Å². The molecule has 6 nitrogen and oxygen atoms in total. The Morgan fingerprint density at radius 2 is 1.76 bits per heavy atom. The SMILES string of the molecule is CCCC(C(=O)NCCNc1ccc([N+](=O)[O-])cc1)c1ccccc1. The van der Waals surface area contributed by atoms with Gasteiger partial charge in [-0.2, -0.15) is 0 Å². The van der Waals surface area contributed by atoms with Crippen LogP contribution in [0.4, 0.5) is 11.4 Å². The quantitative estimate of drug-likeness (QED) is 0.414. The molecule has 2 rings (SSSR count). The number of carbonyl (C=O) groups is 1. The fraction of sp³-hybridized carbons (Fsp3) is 0.316. The van der Waals surface area contributed by atoms with Gasteiger partial charge in [-0.05, 0) is 24.1 Å². The summed E-state index contributed by atoms with van der Waals surface area (Å²) in [6, 6.07) is 16.0. The summed E-state index contributed by atoms with van der Waals surface area (Å²) in [4.78, 5) is 22.6. The van der Waals surface area contributed by atoms with Gasteiger partial charge in [-0.15, -0.1) is 0 Å². The van der Waals surface area contributed by atoms with Gasteiger partial charge >= 0.3 is 0 Å². The molecule has 2 aromatic carbocycles. The fourth-order valence-electron chi connectivity index (χ4n) is 2.64. The van der Waals surface area contributed by atoms with Crippen molar-refractivity contribution in [3.05, 3.63) is 70.3 Å². The van der Waals surface area contributed by atoms with E-state index >= 15 is 0 Å². The molecule has 0 radical (unpaired) electrons. The van der Waals surface area contributed by atoms with Crippen molar-refractivity contribution in [3.63, 3.8) is 0 Å². The molecular formula is C19H23N3O3. The van der Waals surface area contributed by atoms with Crippen molar-refractivity contribution in [2.24, 2.45) is 0 Å². The Morgan fingerprint density at radius 3 is 2.36 bits per heavy atom. The zero-order valence-corrected chi connectivity index (χ0v) is 14.3. The molecular weight excluding hydrogens is 318 g/mol. The lowest BCUT2D eigenvalue weighted by molar-refractivity contribution is -0.384. The molecule has 2 aromatic rings. The first-order chi connectivity index (χ1) is 12.1. The molecule has 132 valence electrons. The zero-order valence-electron chi connectivity index (χ0n) is 14.3. The number of non-ortho nitro benzene ring substituents is 1. The van der Waals surface area contributed by atoms with Crippen LogP contribution in [0.1, 0.15) is 31.2 Å². The number of benzene rings is 2. The number of nitro benzene ring substituents is 1. The highest BCUT2D eigenvalue weighted by Crippen LogP contribution is 2.21. The molecule has 0 aliphatic rings. The third-order valence-corrected chi connectivity index (χ3v) is 3.93. The van der Waals surface area contributed by atoms with E-state index in [9.17, 15) is 14.9 Å². The second kappa shape index (κ2) is 9.42. The average molecular weight is 341 g/mol. The largest absolute Gasteiger partial charge is 0.383 e. The van der Waals surface area contributed by atoms with Gasteiger partial charge in [0.05, 0.1) is 10.8 Å². The smallest absolute Gasteiger partial charge is 0.269 e. The molecule has 0 saturated heterocycles. The Labute approximate surface area is 147 Å². The number of hydrogen-bond acceptors (Lipinski definition) is 4. The molecule has 1 atom stereocenters. The van der Waals surface area contributed by atoms with E-state index in [1.807, 2.05) is 30.3 Å². The number of carbonyl (C=O) groups excluding carboxylic acids is 1. The Balaban J connectivity index is 1.81. The minimum atomic E-state index is -0.429. The minimum Gasteiger partial charge on any atom is -0.383 e. The Morgan fingerprint density at radius 1 is 1.08 bits per heavy atom. The highest BCUT2D eigenvalue weighted by Gasteiger charge is 2.18. The number of rotatable bonds is 9. The molecule has 0 bridgehead atoms. The topological polar surface area (TPSA) is 84.3 Å². The molecule has 0 aliphatic carbocycles. The lowest BCUT2D eigenvalue weighted by atomic mass is 9.94. The Kier molecular flexibility index (Phi) is 6.95. The predicted molar refractivity (Wildman–Crippen MR) is 98.7 cm³/mol. The third kappa shape index (κ3) is 5.60. The van der Waals surface area contributed by atoms with Gasteiger partial charge in [0.25, 0.3) is 5.69 Å². The van der Waals surface area contributed by atoms with Crippen LogP contribution in [0.15, 0.2) is 54.6 Å². The first-order valence-electron chi connectivity index (χ1n) is 8.42. The second-order valence-corrected chi connectivity index (χ2v) is 5.77. The van der Waals surface area contributed by atoms with Crippen molar-refractivity contribution in [1.82, 2.24) is 5.32 Å². The summed E-state index contributed by atoms with van der Waals surface area (Å²) < 4.78 is 0. The highest BCUT2D eigenvalue weighted by molar-refractivity contribution is 5.83. The van der Waals surface area contributed by atoms with Crippen molar-refractivity contribution in [1.29, 1.82) is 0 Å². The molecule has 1 amide bonds. The van der Waals surface area contributed by atoms with E-state index in [2.05, 4.69) is 17.6 Å². The molecule has 0 fully saturated rings. The van der Waals surface area contributed by atoms with Crippen LogP contribution < -0.4 is 10.6 Å². The maximum atomic E-state index is 12.5. The monoisotopic (exact) mass is 341 g/mol. The lowest BCUT2D eigenvalue weighted by Gasteiger charge is -2.17. The number of hydrogen-bond donors (Lipinski definition) is 2. The number of anilines is 1. The molecule has 0 aliphatic heterocycles. The van der Waals surface area contributed by atoms with Crippen LogP contribution in [0.5, 0.6) is 0 Å². The second-order valence-electron chi connectivity index (χ2n) is 5.77. The summed E-state index contributed by atoms with van der Waals surface area (Å²) in [6.45, 7) is 3.11. The van der Waals surface area contributed by atoms with Gasteiger partial charge in [0.2, 0.25) is 5.91 Å². The minimum absolute atomic E-state index is 0.0264. The van der Waals surface area contributed by atoms with E-state index in [1.165, 1.54) is 12.1 Å². The van der Waals surface area contributed by atoms with E-state index in [4.69, 9.17) is 0 Å². The highest BCUT2D eigenvalue weighted by atomic mass is 16.6. The number of amides is 1. The molecule has 0 spiro atoms. The molecule has 1 unspecified atom stereocenters. The van der Waals surface area contributed by atoms with Gasteiger partial charge in [-0.3, -0.25) is 14.9 Å². The van der Waals surface area contributed by atoms with Gasteiger partial charge in [0, 0.05) is 30.9 Å². The molecule has 6 heteroatoms. The summed E-state index contributed by atoms with van der Waals surface area (Å²) in [5.74, 6) is -0.107. The zero-order chi connectivity index (χ0) is 18.1. The van der Waals surface area contributed by atoms with Crippen molar-refractivity contribution in [2.45, 2.75) is 25.7 Å². The van der Waals surface area contributed by atoms with Crippen LogP contribution in [0.2, 0.25) is 0 Å². The summed E-state index contributed by atoms with van der Waals surface area (Å²) in [7, 11) is 0.